The van der Waals surface area contributed by atoms with E-state index in [1.54, 1.807) is 24.3 Å². The molecular weight excluding hydrogens is 294 g/mol. The fourth-order valence-electron chi connectivity index (χ4n) is 1.35. The van der Waals surface area contributed by atoms with E-state index >= 15 is 0 Å². The molecule has 0 heterocycles. The van der Waals surface area contributed by atoms with E-state index in [-0.39, 0.29) is 0 Å². The summed E-state index contributed by atoms with van der Waals surface area (Å²) in [5.74, 6) is -0.471. The predicted octanol–water partition coefficient (Wildman–Crippen LogP) is 3.64. The van der Waals surface area contributed by atoms with Gasteiger partial charge in [0, 0.05) is 4.47 Å². The largest absolute Gasteiger partial charge is 0.365 e. The summed E-state index contributed by atoms with van der Waals surface area (Å²) in [5.41, 5.74) is 1.33. The summed E-state index contributed by atoms with van der Waals surface area (Å²) in [7, 11) is 0. The van der Waals surface area contributed by atoms with Crippen molar-refractivity contribution in [1.82, 2.24) is 0 Å². The average molecular weight is 304 g/mol. The Morgan fingerprint density at radius 3 is 2.61 bits per heavy atom. The number of oxime groups is 1. The van der Waals surface area contributed by atoms with Gasteiger partial charge in [0.1, 0.15) is 0 Å². The Labute approximate surface area is 113 Å². The third kappa shape index (κ3) is 3.53. The maximum Gasteiger partial charge on any atom is 0.365 e. The van der Waals surface area contributed by atoms with Crippen LogP contribution in [0.4, 0.5) is 0 Å². The van der Waals surface area contributed by atoms with Crippen LogP contribution in [0.15, 0.2) is 64.2 Å². The number of nitrogens with zero attached hydrogens (tertiary/aromatic N) is 1. The van der Waals surface area contributed by atoms with Gasteiger partial charge in [0.25, 0.3) is 0 Å². The van der Waals surface area contributed by atoms with Gasteiger partial charge in [-0.1, -0.05) is 51.4 Å². The molecule has 0 bridgehead atoms. The molecule has 0 atom stereocenters. The first-order valence-corrected chi connectivity index (χ1v) is 6.10. The number of hydrogen-bond acceptors (Lipinski definition) is 3. The molecule has 4 heteroatoms. The van der Waals surface area contributed by atoms with Gasteiger partial charge in [-0.25, -0.2) is 4.79 Å². The van der Waals surface area contributed by atoms with Gasteiger partial charge in [-0.2, -0.15) is 0 Å². The van der Waals surface area contributed by atoms with Crippen molar-refractivity contribution in [2.75, 3.05) is 0 Å². The molecular formula is C14H10BrNO2. The molecule has 0 saturated carbocycles. The molecule has 0 saturated heterocycles. The van der Waals surface area contributed by atoms with E-state index in [1.165, 1.54) is 6.21 Å². The Morgan fingerprint density at radius 2 is 1.89 bits per heavy atom. The summed E-state index contributed by atoms with van der Waals surface area (Å²) < 4.78 is 0.945. The molecule has 0 amide bonds. The highest BCUT2D eigenvalue weighted by molar-refractivity contribution is 9.10. The number of benzene rings is 2. The highest BCUT2D eigenvalue weighted by Gasteiger charge is 2.04. The standard InChI is InChI=1S/C14H10BrNO2/c15-13-8-4-5-11(9-13)10-16-18-14(17)12-6-2-1-3-7-12/h1-10H/b16-10-. The van der Waals surface area contributed by atoms with Crippen molar-refractivity contribution in [2.45, 2.75) is 0 Å². The summed E-state index contributed by atoms with van der Waals surface area (Å²) in [4.78, 5) is 16.3. The van der Waals surface area contributed by atoms with Crippen LogP contribution in [0.25, 0.3) is 0 Å². The molecule has 3 nitrogen and oxygen atoms in total. The van der Waals surface area contributed by atoms with Crippen LogP contribution < -0.4 is 0 Å². The average Bonchev–Trinajstić information content (AvgIpc) is 2.40. The van der Waals surface area contributed by atoms with Crippen molar-refractivity contribution in [1.29, 1.82) is 0 Å². The molecule has 90 valence electrons. The Balaban J connectivity index is 1.98. The van der Waals surface area contributed by atoms with Crippen molar-refractivity contribution in [3.05, 3.63) is 70.2 Å². The van der Waals surface area contributed by atoms with Gasteiger partial charge < -0.3 is 4.84 Å². The molecule has 2 aromatic rings. The predicted molar refractivity (Wildman–Crippen MR) is 73.6 cm³/mol. The van der Waals surface area contributed by atoms with Crippen LogP contribution in [0, 0.1) is 0 Å². The summed E-state index contributed by atoms with van der Waals surface area (Å²) in [5, 5.41) is 3.66. The van der Waals surface area contributed by atoms with Gasteiger partial charge in [-0.05, 0) is 29.8 Å². The van der Waals surface area contributed by atoms with E-state index in [1.807, 2.05) is 30.3 Å². The third-order valence-electron chi connectivity index (χ3n) is 2.20. The number of rotatable bonds is 3. The molecule has 18 heavy (non-hydrogen) atoms. The summed E-state index contributed by atoms with van der Waals surface area (Å²) >= 11 is 3.35. The zero-order valence-corrected chi connectivity index (χ0v) is 11.0. The second kappa shape index (κ2) is 6.12. The van der Waals surface area contributed by atoms with Crippen molar-refractivity contribution < 1.29 is 9.63 Å². The number of carbonyl (C=O) groups is 1. The molecule has 0 aliphatic rings. The normalized spacial score (nSPS) is 10.5. The first-order valence-electron chi connectivity index (χ1n) is 5.31. The van der Waals surface area contributed by atoms with Crippen molar-refractivity contribution >= 4 is 28.1 Å². The summed E-state index contributed by atoms with van der Waals surface area (Å²) in [6.07, 6.45) is 1.49. The first kappa shape index (κ1) is 12.5. The highest BCUT2D eigenvalue weighted by Crippen LogP contribution is 2.10. The zero-order chi connectivity index (χ0) is 12.8. The highest BCUT2D eigenvalue weighted by atomic mass is 79.9. The van der Waals surface area contributed by atoms with Crippen LogP contribution in [0.5, 0.6) is 0 Å². The summed E-state index contributed by atoms with van der Waals surface area (Å²) in [6, 6.07) is 16.3. The monoisotopic (exact) mass is 303 g/mol. The Kier molecular flexibility index (Phi) is 4.25. The second-order valence-corrected chi connectivity index (χ2v) is 4.45. The summed E-state index contributed by atoms with van der Waals surface area (Å²) in [6.45, 7) is 0. The minimum Gasteiger partial charge on any atom is -0.313 e. The van der Waals surface area contributed by atoms with Crippen molar-refractivity contribution in [3.8, 4) is 0 Å². The molecule has 0 aliphatic heterocycles. The lowest BCUT2D eigenvalue weighted by atomic mass is 10.2. The van der Waals surface area contributed by atoms with Crippen LogP contribution in [0.1, 0.15) is 15.9 Å². The molecule has 0 fully saturated rings. The fraction of sp³-hybridized carbons (Fsp3) is 0. The minimum atomic E-state index is -0.471. The van der Waals surface area contributed by atoms with Gasteiger partial charge in [0.05, 0.1) is 11.8 Å². The maximum absolute atomic E-state index is 11.6. The van der Waals surface area contributed by atoms with Crippen LogP contribution in [-0.4, -0.2) is 12.2 Å². The number of halogens is 1. The van der Waals surface area contributed by atoms with Crippen LogP contribution in [0.2, 0.25) is 0 Å². The smallest absolute Gasteiger partial charge is 0.313 e. The Bertz CT molecular complexity index is 567. The molecule has 0 aromatic heterocycles. The first-order chi connectivity index (χ1) is 8.75. The zero-order valence-electron chi connectivity index (χ0n) is 9.42. The van der Waals surface area contributed by atoms with Gasteiger partial charge in [-0.3, -0.25) is 0 Å². The topological polar surface area (TPSA) is 38.7 Å². The Morgan fingerprint density at radius 1 is 1.11 bits per heavy atom. The second-order valence-electron chi connectivity index (χ2n) is 3.53. The number of carbonyl (C=O) groups excluding carboxylic acids is 1. The van der Waals surface area contributed by atoms with Gasteiger partial charge in [0.15, 0.2) is 0 Å². The maximum atomic E-state index is 11.6. The molecule has 0 aliphatic carbocycles. The molecule has 0 spiro atoms. The van der Waals surface area contributed by atoms with E-state index in [0.29, 0.717) is 5.56 Å². The van der Waals surface area contributed by atoms with E-state index in [4.69, 9.17) is 4.84 Å². The van der Waals surface area contributed by atoms with Gasteiger partial charge in [0.2, 0.25) is 0 Å². The third-order valence-corrected chi connectivity index (χ3v) is 2.69. The fourth-order valence-corrected chi connectivity index (χ4v) is 1.77. The van der Waals surface area contributed by atoms with Crippen molar-refractivity contribution in [3.63, 3.8) is 0 Å². The SMILES string of the molecule is O=C(O/N=C\c1cccc(Br)c1)c1ccccc1. The van der Waals surface area contributed by atoms with Gasteiger partial charge >= 0.3 is 5.97 Å². The quantitative estimate of drug-likeness (QED) is 0.493. The molecule has 0 N–H and O–H groups in total. The molecule has 2 aromatic carbocycles. The van der Waals surface area contributed by atoms with Crippen LogP contribution in [0.3, 0.4) is 0 Å². The minimum absolute atomic E-state index is 0.471. The molecule has 0 radical (unpaired) electrons. The van der Waals surface area contributed by atoms with Crippen LogP contribution in [-0.2, 0) is 4.84 Å². The van der Waals surface area contributed by atoms with Crippen molar-refractivity contribution in [2.24, 2.45) is 5.16 Å². The van der Waals surface area contributed by atoms with E-state index in [0.717, 1.165) is 10.0 Å². The lowest BCUT2D eigenvalue weighted by molar-refractivity contribution is 0.0519. The van der Waals surface area contributed by atoms with Gasteiger partial charge in [-0.15, -0.1) is 0 Å². The molecule has 2 rings (SSSR count). The Hall–Kier alpha value is -1.94. The number of hydrogen-bond donors (Lipinski definition) is 0. The lowest BCUT2D eigenvalue weighted by Crippen LogP contribution is -2.00. The van der Waals surface area contributed by atoms with E-state index in [9.17, 15) is 4.79 Å². The van der Waals surface area contributed by atoms with Crippen LogP contribution >= 0.6 is 15.9 Å². The van der Waals surface area contributed by atoms with E-state index in [2.05, 4.69) is 21.1 Å². The lowest BCUT2D eigenvalue weighted by Gasteiger charge is -1.97. The van der Waals surface area contributed by atoms with E-state index < -0.39 is 5.97 Å². The molecule has 0 unspecified atom stereocenters.